The Balaban J connectivity index is 1.39. The Labute approximate surface area is 260 Å². The number of carbonyl (C=O) groups is 4. The van der Waals surface area contributed by atoms with Crippen molar-refractivity contribution in [2.75, 3.05) is 9.80 Å². The Morgan fingerprint density at radius 3 is 2.30 bits per heavy atom. The number of anilines is 2. The molecule has 3 fully saturated rings. The zero-order valence-corrected chi connectivity index (χ0v) is 24.9. The Hall–Kier alpha value is -4.49. The van der Waals surface area contributed by atoms with E-state index in [9.17, 15) is 24.3 Å². The van der Waals surface area contributed by atoms with Crippen LogP contribution in [0.15, 0.2) is 97.1 Å². The van der Waals surface area contributed by atoms with Crippen LogP contribution in [0.25, 0.3) is 0 Å². The van der Waals surface area contributed by atoms with Crippen molar-refractivity contribution >= 4 is 46.6 Å². The van der Waals surface area contributed by atoms with Gasteiger partial charge in [-0.05, 0) is 74.1 Å². The number of carbonyl (C=O) groups excluding carboxylic acids is 4. The van der Waals surface area contributed by atoms with Gasteiger partial charge in [-0.1, -0.05) is 65.7 Å². The summed E-state index contributed by atoms with van der Waals surface area (Å²) in [6.45, 7) is 5.63. The maximum atomic E-state index is 14.5. The van der Waals surface area contributed by atoms with Crippen LogP contribution in [0.5, 0.6) is 5.75 Å². The number of aromatic hydroxyl groups is 1. The normalized spacial score (nSPS) is 29.3. The molecule has 0 spiro atoms. The lowest BCUT2D eigenvalue weighted by atomic mass is 9.51. The molecule has 3 aromatic carbocycles. The molecule has 7 nitrogen and oxygen atoms in total. The minimum absolute atomic E-state index is 0.0519. The lowest BCUT2D eigenvalue weighted by Gasteiger charge is -2.49. The number of phenolic OH excluding ortho intramolecular Hbond substituents is 1. The average Bonchev–Trinajstić information content (AvgIpc) is 3.39. The van der Waals surface area contributed by atoms with Gasteiger partial charge in [0.25, 0.3) is 0 Å². The molecule has 0 bridgehead atoms. The van der Waals surface area contributed by atoms with Gasteiger partial charge in [-0.2, -0.15) is 0 Å². The third-order valence-electron chi connectivity index (χ3n) is 10.2. The number of imide groups is 2. The van der Waals surface area contributed by atoms with E-state index >= 15 is 0 Å². The first-order valence-electron chi connectivity index (χ1n) is 14.9. The van der Waals surface area contributed by atoms with Crippen LogP contribution >= 0.6 is 11.6 Å². The summed E-state index contributed by atoms with van der Waals surface area (Å²) < 4.78 is 0. The van der Waals surface area contributed by atoms with Crippen LogP contribution in [0, 0.1) is 29.1 Å². The second-order valence-corrected chi connectivity index (χ2v) is 12.8. The maximum absolute atomic E-state index is 14.5. The Morgan fingerprint density at radius 2 is 1.59 bits per heavy atom. The van der Waals surface area contributed by atoms with E-state index in [0.717, 1.165) is 5.57 Å². The molecule has 44 heavy (non-hydrogen) atoms. The Morgan fingerprint density at radius 1 is 0.886 bits per heavy atom. The first-order valence-corrected chi connectivity index (χ1v) is 15.2. The molecule has 4 aliphatic rings. The molecule has 8 heteroatoms. The molecule has 1 N–H and O–H groups in total. The number of fused-ring (bicyclic) bond motifs is 4. The average molecular weight is 607 g/mol. The van der Waals surface area contributed by atoms with Crippen molar-refractivity contribution in [1.29, 1.82) is 0 Å². The summed E-state index contributed by atoms with van der Waals surface area (Å²) in [5.74, 6) is -4.42. The van der Waals surface area contributed by atoms with Crippen molar-refractivity contribution in [2.45, 2.75) is 32.1 Å². The Bertz CT molecular complexity index is 1770. The van der Waals surface area contributed by atoms with Crippen molar-refractivity contribution in [1.82, 2.24) is 0 Å². The number of benzene rings is 3. The fraction of sp³-hybridized carbons (Fsp3) is 0.278. The van der Waals surface area contributed by atoms with E-state index in [-0.39, 0.29) is 35.8 Å². The molecular weight excluding hydrogens is 576 g/mol. The van der Waals surface area contributed by atoms with Crippen LogP contribution in [0.3, 0.4) is 0 Å². The molecule has 6 unspecified atom stereocenters. The van der Waals surface area contributed by atoms with Gasteiger partial charge in [0.1, 0.15) is 5.75 Å². The highest BCUT2D eigenvalue weighted by molar-refractivity contribution is 6.31. The molecule has 222 valence electrons. The first-order chi connectivity index (χ1) is 21.2. The van der Waals surface area contributed by atoms with Gasteiger partial charge in [-0.15, -0.1) is 6.58 Å². The van der Waals surface area contributed by atoms with Crippen LogP contribution < -0.4 is 9.80 Å². The highest BCUT2D eigenvalue weighted by Gasteiger charge is 2.68. The minimum atomic E-state index is -1.23. The van der Waals surface area contributed by atoms with Gasteiger partial charge in [0.05, 0.1) is 34.5 Å². The topological polar surface area (TPSA) is 95.0 Å². The number of allylic oxidation sites excluding steroid dienone is 3. The Kier molecular flexibility index (Phi) is 6.63. The predicted molar refractivity (Wildman–Crippen MR) is 167 cm³/mol. The van der Waals surface area contributed by atoms with E-state index in [0.29, 0.717) is 40.4 Å². The van der Waals surface area contributed by atoms with Gasteiger partial charge in [0.15, 0.2) is 0 Å². The summed E-state index contributed by atoms with van der Waals surface area (Å²) in [6.07, 6.45) is 4.67. The molecule has 2 aliphatic carbocycles. The number of nitrogens with zero attached hydrogens (tertiary/aromatic N) is 2. The molecule has 4 amide bonds. The number of hydrogen-bond acceptors (Lipinski definition) is 5. The van der Waals surface area contributed by atoms with Gasteiger partial charge >= 0.3 is 0 Å². The van der Waals surface area contributed by atoms with Crippen molar-refractivity contribution in [3.05, 3.63) is 113 Å². The third kappa shape index (κ3) is 3.88. The second kappa shape index (κ2) is 10.3. The third-order valence-corrected chi connectivity index (χ3v) is 10.5. The molecule has 0 aromatic heterocycles. The van der Waals surface area contributed by atoms with E-state index in [1.165, 1.54) is 9.80 Å². The van der Waals surface area contributed by atoms with Crippen molar-refractivity contribution < 1.29 is 24.3 Å². The largest absolute Gasteiger partial charge is 0.507 e. The second-order valence-electron chi connectivity index (χ2n) is 12.3. The van der Waals surface area contributed by atoms with Gasteiger partial charge in [0, 0.05) is 16.5 Å². The van der Waals surface area contributed by atoms with Gasteiger partial charge < -0.3 is 5.11 Å². The molecule has 1 saturated carbocycles. The van der Waals surface area contributed by atoms with Crippen LogP contribution in [0.2, 0.25) is 5.02 Å². The van der Waals surface area contributed by atoms with Crippen molar-refractivity contribution in [3.8, 4) is 5.75 Å². The summed E-state index contributed by atoms with van der Waals surface area (Å²) >= 11 is 6.08. The van der Waals surface area contributed by atoms with Gasteiger partial charge in [-0.25, -0.2) is 4.90 Å². The van der Waals surface area contributed by atoms with E-state index in [2.05, 4.69) is 6.58 Å². The number of para-hydroxylation sites is 2. The lowest BCUT2D eigenvalue weighted by Crippen LogP contribution is -2.49. The molecule has 0 radical (unpaired) electrons. The highest BCUT2D eigenvalue weighted by Crippen LogP contribution is 2.64. The predicted octanol–water partition coefficient (Wildman–Crippen LogP) is 6.21. The molecule has 6 atom stereocenters. The number of rotatable bonds is 5. The fourth-order valence-corrected chi connectivity index (χ4v) is 8.32. The van der Waals surface area contributed by atoms with Gasteiger partial charge in [0.2, 0.25) is 23.6 Å². The molecule has 3 aromatic rings. The summed E-state index contributed by atoms with van der Waals surface area (Å²) in [5.41, 5.74) is 1.73. The van der Waals surface area contributed by atoms with E-state index in [1.807, 2.05) is 31.2 Å². The van der Waals surface area contributed by atoms with E-state index in [1.54, 1.807) is 60.7 Å². The molecule has 2 aliphatic heterocycles. The summed E-state index contributed by atoms with van der Waals surface area (Å²) in [6, 6.07) is 20.9. The zero-order chi connectivity index (χ0) is 30.9. The highest BCUT2D eigenvalue weighted by atomic mass is 35.5. The summed E-state index contributed by atoms with van der Waals surface area (Å²) in [7, 11) is 0. The standard InChI is InChI=1S/C36H31ClN2O5/c1-3-8-20-9-7-12-26(31(20)40)30-24-17-18-25-29(34(43)38(32(25)41)23-15-13-21(37)14-16-23)27(24)19-28-33(42)39(35(44)36(28,30)2)22-10-5-4-6-11-22/h3-7,9-17,25,27-30,40H,1,8,18-19H2,2H3. The molecule has 7 rings (SSSR count). The molecular formula is C36H31ClN2O5. The van der Waals surface area contributed by atoms with Crippen molar-refractivity contribution in [3.63, 3.8) is 0 Å². The summed E-state index contributed by atoms with van der Waals surface area (Å²) in [5, 5.41) is 12.1. The fourth-order valence-electron chi connectivity index (χ4n) is 8.19. The number of phenols is 1. The smallest absolute Gasteiger partial charge is 0.241 e. The van der Waals surface area contributed by atoms with E-state index < -0.39 is 35.0 Å². The van der Waals surface area contributed by atoms with Crippen molar-refractivity contribution in [2.24, 2.45) is 29.1 Å². The first kappa shape index (κ1) is 28.3. The van der Waals surface area contributed by atoms with E-state index in [4.69, 9.17) is 11.6 Å². The van der Waals surface area contributed by atoms with Crippen LogP contribution in [0.1, 0.15) is 36.8 Å². The van der Waals surface area contributed by atoms with Gasteiger partial charge in [-0.3, -0.25) is 24.1 Å². The van der Waals surface area contributed by atoms with Crippen LogP contribution in [0.4, 0.5) is 11.4 Å². The quantitative estimate of drug-likeness (QED) is 0.275. The monoisotopic (exact) mass is 606 g/mol. The van der Waals surface area contributed by atoms with Crippen LogP contribution in [-0.2, 0) is 25.6 Å². The van der Waals surface area contributed by atoms with Crippen LogP contribution in [-0.4, -0.2) is 28.7 Å². The maximum Gasteiger partial charge on any atom is 0.241 e. The number of hydrogen-bond donors (Lipinski definition) is 1. The molecule has 2 heterocycles. The number of halogens is 1. The zero-order valence-electron chi connectivity index (χ0n) is 24.2. The minimum Gasteiger partial charge on any atom is -0.507 e. The SMILES string of the molecule is C=CCc1cccc(C2C3=CCC4C(=O)N(c5ccc(Cl)cc5)C(=O)C4C3CC3C(=O)N(c4ccccc4)C(=O)C32C)c1O. The number of amides is 4. The molecule has 2 saturated heterocycles. The summed E-state index contributed by atoms with van der Waals surface area (Å²) in [4.78, 5) is 59.2. The lowest BCUT2D eigenvalue weighted by molar-refractivity contribution is -0.131.